The Labute approximate surface area is 135 Å². The van der Waals surface area contributed by atoms with E-state index in [1.165, 1.54) is 16.0 Å². The Balaban J connectivity index is 1.47. The number of ether oxygens (including phenoxy) is 1. The molecule has 1 amide bonds. The van der Waals surface area contributed by atoms with Crippen LogP contribution in [-0.4, -0.2) is 24.8 Å². The summed E-state index contributed by atoms with van der Waals surface area (Å²) >= 11 is 1.67. The van der Waals surface area contributed by atoms with Gasteiger partial charge in [0.05, 0.1) is 12.4 Å². The fraction of sp³-hybridized carbons (Fsp3) is 0.278. The van der Waals surface area contributed by atoms with E-state index in [4.69, 9.17) is 4.74 Å². The van der Waals surface area contributed by atoms with Crippen molar-refractivity contribution in [1.82, 2.24) is 5.32 Å². The van der Waals surface area contributed by atoms with E-state index in [9.17, 15) is 4.79 Å². The molecule has 4 heteroatoms. The summed E-state index contributed by atoms with van der Waals surface area (Å²) in [5, 5.41) is 3.05. The number of rotatable bonds is 5. The molecule has 2 aromatic carbocycles. The van der Waals surface area contributed by atoms with Crippen molar-refractivity contribution in [3.05, 3.63) is 59.7 Å². The van der Waals surface area contributed by atoms with Crippen molar-refractivity contribution in [3.8, 4) is 5.75 Å². The van der Waals surface area contributed by atoms with Gasteiger partial charge in [-0.1, -0.05) is 30.3 Å². The molecule has 0 aromatic heterocycles. The zero-order valence-electron chi connectivity index (χ0n) is 12.5. The van der Waals surface area contributed by atoms with Crippen LogP contribution in [0.2, 0.25) is 0 Å². The van der Waals surface area contributed by atoms with Crippen molar-refractivity contribution >= 4 is 17.7 Å². The highest BCUT2D eigenvalue weighted by molar-refractivity contribution is 8.01. The Hall–Kier alpha value is -1.94. The molecular formula is C18H19NO2S. The first-order valence-corrected chi connectivity index (χ1v) is 8.29. The highest BCUT2D eigenvalue weighted by Crippen LogP contribution is 2.36. The normalized spacial score (nSPS) is 16.1. The van der Waals surface area contributed by atoms with Crippen LogP contribution in [-0.2, 0) is 17.6 Å². The van der Waals surface area contributed by atoms with Gasteiger partial charge in [0.15, 0.2) is 0 Å². The quantitative estimate of drug-likeness (QED) is 0.922. The molecule has 3 rings (SSSR count). The lowest BCUT2D eigenvalue weighted by atomic mass is 10.1. The third-order valence-electron chi connectivity index (χ3n) is 3.81. The fourth-order valence-electron chi connectivity index (χ4n) is 2.56. The molecule has 0 fully saturated rings. The second kappa shape index (κ2) is 6.88. The summed E-state index contributed by atoms with van der Waals surface area (Å²) in [5.41, 5.74) is 2.48. The molecule has 0 saturated carbocycles. The number of carbonyl (C=O) groups is 1. The van der Waals surface area contributed by atoms with Crippen molar-refractivity contribution < 1.29 is 9.53 Å². The first kappa shape index (κ1) is 15.0. The molecule has 0 spiro atoms. The lowest BCUT2D eigenvalue weighted by Gasteiger charge is -2.10. The number of benzene rings is 2. The summed E-state index contributed by atoms with van der Waals surface area (Å²) in [7, 11) is 1.66. The SMILES string of the molecule is COc1ccc(CCNC(=O)C2Cc3ccccc3S2)cc1. The summed E-state index contributed by atoms with van der Waals surface area (Å²) in [6.45, 7) is 0.665. The molecule has 0 bridgehead atoms. The summed E-state index contributed by atoms with van der Waals surface area (Å²) < 4.78 is 5.14. The van der Waals surface area contributed by atoms with Crippen molar-refractivity contribution in [1.29, 1.82) is 0 Å². The van der Waals surface area contributed by atoms with Crippen molar-refractivity contribution in [2.24, 2.45) is 0 Å². The van der Waals surface area contributed by atoms with Gasteiger partial charge in [-0.05, 0) is 42.2 Å². The van der Waals surface area contributed by atoms with E-state index in [1.54, 1.807) is 18.9 Å². The zero-order valence-corrected chi connectivity index (χ0v) is 13.4. The molecule has 22 heavy (non-hydrogen) atoms. The van der Waals surface area contributed by atoms with Crippen LogP contribution >= 0.6 is 11.8 Å². The Bertz CT molecular complexity index is 629. The van der Waals surface area contributed by atoms with Crippen molar-refractivity contribution in [2.75, 3.05) is 13.7 Å². The lowest BCUT2D eigenvalue weighted by Crippen LogP contribution is -2.33. The molecule has 1 aliphatic heterocycles. The first-order chi connectivity index (χ1) is 10.8. The lowest BCUT2D eigenvalue weighted by molar-refractivity contribution is -0.120. The third-order valence-corrected chi connectivity index (χ3v) is 5.13. The van der Waals surface area contributed by atoms with Gasteiger partial charge in [0.1, 0.15) is 5.75 Å². The van der Waals surface area contributed by atoms with E-state index >= 15 is 0 Å². The van der Waals surface area contributed by atoms with Crippen LogP contribution in [0.5, 0.6) is 5.75 Å². The van der Waals surface area contributed by atoms with Crippen LogP contribution in [0.15, 0.2) is 53.4 Å². The minimum absolute atomic E-state index is 0.00765. The van der Waals surface area contributed by atoms with Crippen LogP contribution < -0.4 is 10.1 Å². The van der Waals surface area contributed by atoms with E-state index in [0.29, 0.717) is 6.54 Å². The summed E-state index contributed by atoms with van der Waals surface area (Å²) in [6.07, 6.45) is 1.66. The Morgan fingerprint density at radius 1 is 1.23 bits per heavy atom. The molecule has 1 heterocycles. The summed E-state index contributed by atoms with van der Waals surface area (Å²) in [5.74, 6) is 0.989. The number of fused-ring (bicyclic) bond motifs is 1. The Morgan fingerprint density at radius 3 is 2.73 bits per heavy atom. The maximum atomic E-state index is 12.3. The zero-order chi connectivity index (χ0) is 15.4. The number of methoxy groups -OCH3 is 1. The maximum Gasteiger partial charge on any atom is 0.233 e. The Morgan fingerprint density at radius 2 is 2.00 bits per heavy atom. The molecule has 0 radical (unpaired) electrons. The number of nitrogens with one attached hydrogen (secondary N) is 1. The fourth-order valence-corrected chi connectivity index (χ4v) is 3.78. The number of amides is 1. The average molecular weight is 313 g/mol. The van der Waals surface area contributed by atoms with Gasteiger partial charge in [-0.15, -0.1) is 11.8 Å². The van der Waals surface area contributed by atoms with Gasteiger partial charge in [0, 0.05) is 11.4 Å². The predicted molar refractivity (Wildman–Crippen MR) is 89.5 cm³/mol. The molecule has 0 aliphatic carbocycles. The van der Waals surface area contributed by atoms with Gasteiger partial charge < -0.3 is 10.1 Å². The van der Waals surface area contributed by atoms with Crippen molar-refractivity contribution in [2.45, 2.75) is 23.0 Å². The first-order valence-electron chi connectivity index (χ1n) is 7.41. The second-order valence-electron chi connectivity index (χ2n) is 5.31. The van der Waals surface area contributed by atoms with Gasteiger partial charge in [-0.2, -0.15) is 0 Å². The summed E-state index contributed by atoms with van der Waals surface area (Å²) in [6, 6.07) is 16.2. The van der Waals surface area contributed by atoms with Gasteiger partial charge >= 0.3 is 0 Å². The van der Waals surface area contributed by atoms with E-state index in [2.05, 4.69) is 17.4 Å². The minimum atomic E-state index is 0.00765. The van der Waals surface area contributed by atoms with E-state index in [-0.39, 0.29) is 11.2 Å². The van der Waals surface area contributed by atoms with Crippen molar-refractivity contribution in [3.63, 3.8) is 0 Å². The molecule has 1 atom stereocenters. The predicted octanol–water partition coefficient (Wildman–Crippen LogP) is 3.07. The second-order valence-corrected chi connectivity index (χ2v) is 6.55. The van der Waals surface area contributed by atoms with Crippen LogP contribution in [0.3, 0.4) is 0 Å². The minimum Gasteiger partial charge on any atom is -0.497 e. The molecular weight excluding hydrogens is 294 g/mol. The van der Waals surface area contributed by atoms with Crippen LogP contribution in [0, 0.1) is 0 Å². The maximum absolute atomic E-state index is 12.3. The number of hydrogen-bond donors (Lipinski definition) is 1. The smallest absolute Gasteiger partial charge is 0.233 e. The number of carbonyl (C=O) groups excluding carboxylic acids is 1. The average Bonchev–Trinajstić information content (AvgIpc) is 2.99. The van der Waals surface area contributed by atoms with Gasteiger partial charge in [-0.3, -0.25) is 4.79 Å². The van der Waals surface area contributed by atoms with E-state index in [0.717, 1.165) is 18.6 Å². The topological polar surface area (TPSA) is 38.3 Å². The third kappa shape index (κ3) is 3.45. The molecule has 1 aliphatic rings. The Kier molecular flexibility index (Phi) is 4.68. The molecule has 3 nitrogen and oxygen atoms in total. The molecule has 2 aromatic rings. The van der Waals surface area contributed by atoms with E-state index < -0.39 is 0 Å². The largest absolute Gasteiger partial charge is 0.497 e. The molecule has 114 valence electrons. The molecule has 1 unspecified atom stereocenters. The standard InChI is InChI=1S/C18H19NO2S/c1-21-15-8-6-13(7-9-15)10-11-19-18(20)17-12-14-4-2-3-5-16(14)22-17/h2-9,17H,10-12H2,1H3,(H,19,20). The van der Waals surface area contributed by atoms with Gasteiger partial charge in [0.2, 0.25) is 5.91 Å². The van der Waals surface area contributed by atoms with Gasteiger partial charge in [0.25, 0.3) is 0 Å². The van der Waals surface area contributed by atoms with Crippen LogP contribution in [0.1, 0.15) is 11.1 Å². The highest BCUT2D eigenvalue weighted by Gasteiger charge is 2.27. The number of hydrogen-bond acceptors (Lipinski definition) is 3. The molecule has 1 N–H and O–H groups in total. The van der Waals surface area contributed by atoms with E-state index in [1.807, 2.05) is 36.4 Å². The monoisotopic (exact) mass is 313 g/mol. The number of thioether (sulfide) groups is 1. The van der Waals surface area contributed by atoms with Gasteiger partial charge in [-0.25, -0.2) is 0 Å². The van der Waals surface area contributed by atoms with Crippen LogP contribution in [0.25, 0.3) is 0 Å². The molecule has 0 saturated heterocycles. The highest BCUT2D eigenvalue weighted by atomic mass is 32.2. The summed E-state index contributed by atoms with van der Waals surface area (Å²) in [4.78, 5) is 13.5. The van der Waals surface area contributed by atoms with Crippen LogP contribution in [0.4, 0.5) is 0 Å².